The molecule has 1 aliphatic heterocycles. The van der Waals surface area contributed by atoms with Gasteiger partial charge in [0.1, 0.15) is 11.6 Å². The number of carboxylic acids is 1. The number of amides is 1. The van der Waals surface area contributed by atoms with Gasteiger partial charge in [-0.15, -0.1) is 0 Å². The number of likely N-dealkylation sites (tertiary alicyclic amines) is 1. The van der Waals surface area contributed by atoms with E-state index in [1.54, 1.807) is 20.8 Å². The summed E-state index contributed by atoms with van der Waals surface area (Å²) in [4.78, 5) is 24.3. The van der Waals surface area contributed by atoms with E-state index < -0.39 is 23.7 Å². The van der Waals surface area contributed by atoms with Crippen molar-refractivity contribution in [1.82, 2.24) is 4.90 Å². The maximum absolute atomic E-state index is 11.9. The number of aliphatic carboxylic acids is 1. The van der Waals surface area contributed by atoms with Crippen LogP contribution in [0.25, 0.3) is 0 Å². The molecule has 0 spiro atoms. The molecule has 1 N–H and O–H groups in total. The van der Waals surface area contributed by atoms with E-state index in [2.05, 4.69) is 0 Å². The van der Waals surface area contributed by atoms with Crippen molar-refractivity contribution in [2.75, 3.05) is 6.54 Å². The van der Waals surface area contributed by atoms with Crippen molar-refractivity contribution in [3.63, 3.8) is 0 Å². The lowest BCUT2D eigenvalue weighted by Gasteiger charge is -2.36. The Bertz CT molecular complexity index is 308. The van der Waals surface area contributed by atoms with Crippen molar-refractivity contribution >= 4 is 12.1 Å². The summed E-state index contributed by atoms with van der Waals surface area (Å²) >= 11 is 0. The van der Waals surface area contributed by atoms with Gasteiger partial charge in [-0.05, 0) is 39.5 Å². The predicted molar refractivity (Wildman–Crippen MR) is 62.8 cm³/mol. The summed E-state index contributed by atoms with van der Waals surface area (Å²) in [5, 5.41) is 9.12. The Hall–Kier alpha value is -1.26. The number of rotatable bonds is 1. The summed E-state index contributed by atoms with van der Waals surface area (Å²) in [5.41, 5.74) is -0.594. The van der Waals surface area contributed by atoms with Gasteiger partial charge >= 0.3 is 12.1 Å². The summed E-state index contributed by atoms with van der Waals surface area (Å²) in [6.07, 6.45) is 0.786. The second-order valence-corrected chi connectivity index (χ2v) is 5.66. The molecule has 0 radical (unpaired) electrons. The monoisotopic (exact) mass is 243 g/mol. The van der Waals surface area contributed by atoms with Gasteiger partial charge in [-0.3, -0.25) is 4.90 Å². The van der Waals surface area contributed by atoms with Gasteiger partial charge < -0.3 is 9.84 Å². The molecule has 1 amide bonds. The zero-order chi connectivity index (χ0) is 13.2. The molecule has 0 saturated carbocycles. The first-order valence-electron chi connectivity index (χ1n) is 5.93. The smallest absolute Gasteiger partial charge is 0.411 e. The zero-order valence-corrected chi connectivity index (χ0v) is 10.9. The molecule has 1 heterocycles. The number of hydrogen-bond acceptors (Lipinski definition) is 3. The van der Waals surface area contributed by atoms with E-state index in [0.717, 1.165) is 6.42 Å². The Morgan fingerprint density at radius 2 is 1.94 bits per heavy atom. The zero-order valence-electron chi connectivity index (χ0n) is 10.9. The minimum Gasteiger partial charge on any atom is -0.480 e. The summed E-state index contributed by atoms with van der Waals surface area (Å²) < 4.78 is 5.22. The van der Waals surface area contributed by atoms with Crippen molar-refractivity contribution in [1.29, 1.82) is 0 Å². The second kappa shape index (κ2) is 4.94. The number of carboxylic acid groups (broad SMARTS) is 1. The van der Waals surface area contributed by atoms with Crippen LogP contribution in [0.2, 0.25) is 0 Å². The Morgan fingerprint density at radius 3 is 2.41 bits per heavy atom. The van der Waals surface area contributed by atoms with Crippen LogP contribution >= 0.6 is 0 Å². The fourth-order valence-corrected chi connectivity index (χ4v) is 1.91. The van der Waals surface area contributed by atoms with Gasteiger partial charge in [0, 0.05) is 6.54 Å². The summed E-state index contributed by atoms with van der Waals surface area (Å²) in [6.45, 7) is 7.77. The number of carbonyl (C=O) groups excluding carboxylic acids is 1. The van der Waals surface area contributed by atoms with Gasteiger partial charge in [0.15, 0.2) is 0 Å². The van der Waals surface area contributed by atoms with Gasteiger partial charge in [0.2, 0.25) is 0 Å². The standard InChI is InChI=1S/C12H21NO4/c1-8-5-6-13(9(7-8)10(14)15)11(16)17-12(2,3)4/h8-9H,5-7H2,1-4H3,(H,14,15)/t8?,9-/m1/s1. The predicted octanol–water partition coefficient (Wildman–Crippen LogP) is 2.11. The maximum atomic E-state index is 11.9. The topological polar surface area (TPSA) is 66.8 Å². The number of ether oxygens (including phenoxy) is 1. The molecular formula is C12H21NO4. The second-order valence-electron chi connectivity index (χ2n) is 5.66. The molecule has 5 nitrogen and oxygen atoms in total. The van der Waals surface area contributed by atoms with Crippen molar-refractivity contribution in [2.45, 2.75) is 52.2 Å². The molecule has 5 heteroatoms. The molecule has 17 heavy (non-hydrogen) atoms. The van der Waals surface area contributed by atoms with Gasteiger partial charge in [0.05, 0.1) is 0 Å². The molecule has 1 unspecified atom stereocenters. The fraction of sp³-hybridized carbons (Fsp3) is 0.833. The first kappa shape index (κ1) is 13.8. The lowest BCUT2D eigenvalue weighted by Crippen LogP contribution is -2.51. The molecule has 98 valence electrons. The highest BCUT2D eigenvalue weighted by molar-refractivity contribution is 5.80. The van der Waals surface area contributed by atoms with Crippen LogP contribution in [0.1, 0.15) is 40.5 Å². The van der Waals surface area contributed by atoms with Gasteiger partial charge in [-0.2, -0.15) is 0 Å². The van der Waals surface area contributed by atoms with Crippen molar-refractivity contribution in [2.24, 2.45) is 5.92 Å². The normalized spacial score (nSPS) is 25.5. The van der Waals surface area contributed by atoms with Gasteiger partial charge in [-0.25, -0.2) is 9.59 Å². The molecule has 2 atom stereocenters. The van der Waals surface area contributed by atoms with Crippen molar-refractivity contribution < 1.29 is 19.4 Å². The highest BCUT2D eigenvalue weighted by Gasteiger charge is 2.36. The fourth-order valence-electron chi connectivity index (χ4n) is 1.91. The van der Waals surface area contributed by atoms with Crippen molar-refractivity contribution in [3.05, 3.63) is 0 Å². The Balaban J connectivity index is 2.73. The molecule has 1 aliphatic rings. The quantitative estimate of drug-likeness (QED) is 0.766. The molecule has 0 aromatic rings. The third-order valence-corrected chi connectivity index (χ3v) is 2.78. The number of hydrogen-bond donors (Lipinski definition) is 1. The third kappa shape index (κ3) is 3.91. The van der Waals surface area contributed by atoms with Crippen LogP contribution in [0.15, 0.2) is 0 Å². The maximum Gasteiger partial charge on any atom is 0.411 e. The number of piperidine rings is 1. The first-order chi connectivity index (χ1) is 7.70. The average molecular weight is 243 g/mol. The van der Waals surface area contributed by atoms with Crippen LogP contribution in [-0.4, -0.2) is 40.3 Å². The molecule has 1 saturated heterocycles. The number of nitrogens with zero attached hydrogens (tertiary/aromatic N) is 1. The van der Waals surface area contributed by atoms with Crippen LogP contribution in [0, 0.1) is 5.92 Å². The van der Waals surface area contributed by atoms with Crippen LogP contribution < -0.4 is 0 Å². The van der Waals surface area contributed by atoms with Gasteiger partial charge in [0.25, 0.3) is 0 Å². The minimum atomic E-state index is -0.956. The highest BCUT2D eigenvalue weighted by Crippen LogP contribution is 2.24. The molecule has 0 aromatic heterocycles. The summed E-state index contributed by atoms with van der Waals surface area (Å²) in [7, 11) is 0. The molecule has 0 aliphatic carbocycles. The third-order valence-electron chi connectivity index (χ3n) is 2.78. The largest absolute Gasteiger partial charge is 0.480 e. The Kier molecular flexibility index (Phi) is 4.01. The molecule has 1 fully saturated rings. The SMILES string of the molecule is CC1CCN(C(=O)OC(C)(C)C)[C@@H](C(=O)O)C1. The Labute approximate surface area is 102 Å². The molecular weight excluding hydrogens is 222 g/mol. The summed E-state index contributed by atoms with van der Waals surface area (Å²) in [5.74, 6) is -0.628. The van der Waals surface area contributed by atoms with E-state index in [0.29, 0.717) is 18.9 Å². The van der Waals surface area contributed by atoms with Crippen molar-refractivity contribution in [3.8, 4) is 0 Å². The highest BCUT2D eigenvalue weighted by atomic mass is 16.6. The van der Waals surface area contributed by atoms with E-state index in [1.165, 1.54) is 4.90 Å². The average Bonchev–Trinajstić information content (AvgIpc) is 2.14. The van der Waals surface area contributed by atoms with Crippen LogP contribution in [0.4, 0.5) is 4.79 Å². The van der Waals surface area contributed by atoms with E-state index in [9.17, 15) is 9.59 Å². The van der Waals surface area contributed by atoms with E-state index >= 15 is 0 Å². The lowest BCUT2D eigenvalue weighted by molar-refractivity contribution is -0.145. The molecule has 0 bridgehead atoms. The Morgan fingerprint density at radius 1 is 1.35 bits per heavy atom. The number of carbonyl (C=O) groups is 2. The minimum absolute atomic E-state index is 0.329. The first-order valence-corrected chi connectivity index (χ1v) is 5.93. The summed E-state index contributed by atoms with van der Waals surface area (Å²) in [6, 6.07) is -0.756. The van der Waals surface area contributed by atoms with Crippen LogP contribution in [0.3, 0.4) is 0 Å². The van der Waals surface area contributed by atoms with Crippen LogP contribution in [-0.2, 0) is 9.53 Å². The lowest BCUT2D eigenvalue weighted by atomic mass is 9.93. The molecule has 0 aromatic carbocycles. The van der Waals surface area contributed by atoms with E-state index in [-0.39, 0.29) is 0 Å². The van der Waals surface area contributed by atoms with Crippen LogP contribution in [0.5, 0.6) is 0 Å². The molecule has 1 rings (SSSR count). The van der Waals surface area contributed by atoms with Gasteiger partial charge in [-0.1, -0.05) is 6.92 Å². The van der Waals surface area contributed by atoms with E-state index in [1.807, 2.05) is 6.92 Å². The van der Waals surface area contributed by atoms with E-state index in [4.69, 9.17) is 9.84 Å².